The SMILES string of the molecule is CNC(=O)C1CN(Cc2ccc3c(c2)CCO3)CC1C1=CONC(COC)=N1. The molecule has 1 fully saturated rings. The number of hydroxylamine groups is 1. The van der Waals surface area contributed by atoms with Crippen LogP contribution in [0.25, 0.3) is 0 Å². The topological polar surface area (TPSA) is 84.4 Å². The van der Waals surface area contributed by atoms with Gasteiger partial charge in [-0.05, 0) is 17.2 Å². The first-order valence-corrected chi connectivity index (χ1v) is 9.54. The number of nitrogens with zero attached hydrogens (tertiary/aromatic N) is 2. The van der Waals surface area contributed by atoms with Gasteiger partial charge in [0.05, 0.1) is 18.2 Å². The van der Waals surface area contributed by atoms with Crippen molar-refractivity contribution in [3.8, 4) is 5.75 Å². The van der Waals surface area contributed by atoms with Crippen LogP contribution >= 0.6 is 0 Å². The molecule has 1 aromatic rings. The van der Waals surface area contributed by atoms with Crippen LogP contribution in [-0.4, -0.2) is 57.1 Å². The number of benzene rings is 1. The number of hydrogen-bond donors (Lipinski definition) is 2. The predicted molar refractivity (Wildman–Crippen MR) is 104 cm³/mol. The number of likely N-dealkylation sites (tertiary alicyclic amines) is 1. The normalized spacial score (nSPS) is 23.8. The van der Waals surface area contributed by atoms with E-state index >= 15 is 0 Å². The smallest absolute Gasteiger partial charge is 0.224 e. The van der Waals surface area contributed by atoms with Crippen molar-refractivity contribution in [2.45, 2.75) is 13.0 Å². The maximum Gasteiger partial charge on any atom is 0.224 e. The van der Waals surface area contributed by atoms with Crippen LogP contribution in [0, 0.1) is 11.8 Å². The summed E-state index contributed by atoms with van der Waals surface area (Å²) in [6.07, 6.45) is 2.55. The fraction of sp³-hybridized carbons (Fsp3) is 0.500. The van der Waals surface area contributed by atoms with E-state index in [9.17, 15) is 4.79 Å². The predicted octanol–water partition coefficient (Wildman–Crippen LogP) is 0.837. The first-order chi connectivity index (χ1) is 13.7. The molecule has 2 atom stereocenters. The molecule has 1 amide bonds. The monoisotopic (exact) mass is 386 g/mol. The Labute approximate surface area is 164 Å². The van der Waals surface area contributed by atoms with E-state index in [1.165, 1.54) is 11.1 Å². The van der Waals surface area contributed by atoms with Crippen molar-refractivity contribution in [2.24, 2.45) is 16.8 Å². The summed E-state index contributed by atoms with van der Waals surface area (Å²) in [4.78, 5) is 24.8. The zero-order valence-electron chi connectivity index (χ0n) is 16.2. The first kappa shape index (κ1) is 18.8. The first-order valence-electron chi connectivity index (χ1n) is 9.54. The summed E-state index contributed by atoms with van der Waals surface area (Å²) >= 11 is 0. The van der Waals surface area contributed by atoms with Gasteiger partial charge < -0.3 is 19.6 Å². The number of amidine groups is 1. The molecule has 4 rings (SSSR count). The average Bonchev–Trinajstić information content (AvgIpc) is 3.34. The highest BCUT2D eigenvalue weighted by Crippen LogP contribution is 2.33. The molecule has 8 nitrogen and oxygen atoms in total. The Bertz CT molecular complexity index is 807. The van der Waals surface area contributed by atoms with E-state index in [0.29, 0.717) is 19.0 Å². The quantitative estimate of drug-likeness (QED) is 0.754. The second-order valence-electron chi connectivity index (χ2n) is 7.32. The third kappa shape index (κ3) is 3.83. The maximum atomic E-state index is 12.5. The van der Waals surface area contributed by atoms with E-state index in [1.54, 1.807) is 20.4 Å². The number of aliphatic imine (C=N–C) groups is 1. The molecular weight excluding hydrogens is 360 g/mol. The highest BCUT2D eigenvalue weighted by atomic mass is 16.6. The lowest BCUT2D eigenvalue weighted by molar-refractivity contribution is -0.124. The number of ether oxygens (including phenoxy) is 2. The van der Waals surface area contributed by atoms with Gasteiger partial charge in [0.2, 0.25) is 5.91 Å². The van der Waals surface area contributed by atoms with Gasteiger partial charge >= 0.3 is 0 Å². The van der Waals surface area contributed by atoms with E-state index in [1.807, 2.05) is 6.07 Å². The number of hydrogen-bond acceptors (Lipinski definition) is 7. The van der Waals surface area contributed by atoms with Gasteiger partial charge in [0.1, 0.15) is 18.6 Å². The molecule has 0 aliphatic carbocycles. The Morgan fingerprint density at radius 2 is 2.32 bits per heavy atom. The van der Waals surface area contributed by atoms with Crippen LogP contribution in [0.5, 0.6) is 5.75 Å². The fourth-order valence-electron chi connectivity index (χ4n) is 4.09. The van der Waals surface area contributed by atoms with Crippen molar-refractivity contribution in [1.82, 2.24) is 15.7 Å². The zero-order chi connectivity index (χ0) is 19.5. The molecule has 0 saturated carbocycles. The third-order valence-electron chi connectivity index (χ3n) is 5.42. The van der Waals surface area contributed by atoms with Gasteiger partial charge in [-0.3, -0.25) is 9.69 Å². The summed E-state index contributed by atoms with van der Waals surface area (Å²) < 4.78 is 10.7. The molecule has 3 heterocycles. The minimum atomic E-state index is -0.178. The molecule has 28 heavy (non-hydrogen) atoms. The second kappa shape index (κ2) is 8.20. The highest BCUT2D eigenvalue weighted by Gasteiger charge is 2.40. The summed E-state index contributed by atoms with van der Waals surface area (Å²) in [5.74, 6) is 1.41. The molecule has 150 valence electrons. The van der Waals surface area contributed by atoms with Crippen molar-refractivity contribution in [3.05, 3.63) is 41.3 Å². The largest absolute Gasteiger partial charge is 0.493 e. The average molecular weight is 386 g/mol. The Balaban J connectivity index is 1.50. The van der Waals surface area contributed by atoms with Crippen molar-refractivity contribution >= 4 is 11.7 Å². The molecule has 0 spiro atoms. The summed E-state index contributed by atoms with van der Waals surface area (Å²) in [5, 5.41) is 2.79. The van der Waals surface area contributed by atoms with E-state index < -0.39 is 0 Å². The lowest BCUT2D eigenvalue weighted by atomic mass is 9.92. The van der Waals surface area contributed by atoms with Crippen molar-refractivity contribution < 1.29 is 19.1 Å². The summed E-state index contributed by atoms with van der Waals surface area (Å²) in [5.41, 5.74) is 6.00. The van der Waals surface area contributed by atoms with Gasteiger partial charge in [0.15, 0.2) is 5.84 Å². The van der Waals surface area contributed by atoms with Gasteiger partial charge in [-0.1, -0.05) is 12.1 Å². The standard InChI is InChI=1S/C20H26N4O4/c1-21-20(25)16-10-24(8-13-3-4-18-14(7-13)5-6-27-18)9-15(16)17-11-28-23-19(22-17)12-26-2/h3-4,7,11,15-16H,5-6,8-10,12H2,1-2H3,(H,21,25)(H,22,23). The Morgan fingerprint density at radius 3 is 3.14 bits per heavy atom. The number of carbonyl (C=O) groups is 1. The van der Waals surface area contributed by atoms with Crippen LogP contribution in [0.1, 0.15) is 11.1 Å². The highest BCUT2D eigenvalue weighted by molar-refractivity contribution is 5.84. The number of fused-ring (bicyclic) bond motifs is 1. The van der Waals surface area contributed by atoms with Gasteiger partial charge in [-0.15, -0.1) is 0 Å². The molecule has 2 unspecified atom stereocenters. The van der Waals surface area contributed by atoms with Crippen LogP contribution < -0.4 is 15.5 Å². The summed E-state index contributed by atoms with van der Waals surface area (Å²) in [6, 6.07) is 6.37. The number of amides is 1. The number of nitrogens with one attached hydrogen (secondary N) is 2. The molecule has 3 aliphatic heterocycles. The van der Waals surface area contributed by atoms with Crippen LogP contribution in [0.15, 0.2) is 35.2 Å². The van der Waals surface area contributed by atoms with E-state index in [2.05, 4.69) is 32.8 Å². The second-order valence-corrected chi connectivity index (χ2v) is 7.32. The molecule has 0 bridgehead atoms. The molecule has 3 aliphatic rings. The minimum Gasteiger partial charge on any atom is -0.493 e. The summed E-state index contributed by atoms with van der Waals surface area (Å²) in [6.45, 7) is 3.30. The number of methoxy groups -OCH3 is 1. The van der Waals surface area contributed by atoms with Crippen molar-refractivity contribution in [1.29, 1.82) is 0 Å². The fourth-order valence-corrected chi connectivity index (χ4v) is 4.09. The van der Waals surface area contributed by atoms with Crippen molar-refractivity contribution in [3.63, 3.8) is 0 Å². The van der Waals surface area contributed by atoms with Gasteiger partial charge in [-0.25, -0.2) is 10.5 Å². The third-order valence-corrected chi connectivity index (χ3v) is 5.42. The van der Waals surface area contributed by atoms with E-state index in [-0.39, 0.29) is 17.7 Å². The van der Waals surface area contributed by atoms with Gasteiger partial charge in [-0.2, -0.15) is 0 Å². The molecule has 8 heteroatoms. The maximum absolute atomic E-state index is 12.5. The van der Waals surface area contributed by atoms with Gasteiger partial charge in [0, 0.05) is 46.1 Å². The Morgan fingerprint density at radius 1 is 1.43 bits per heavy atom. The van der Waals surface area contributed by atoms with Crippen LogP contribution in [0.2, 0.25) is 0 Å². The molecule has 0 radical (unpaired) electrons. The molecule has 0 aromatic heterocycles. The number of rotatable bonds is 6. The summed E-state index contributed by atoms with van der Waals surface area (Å²) in [7, 11) is 3.28. The molecule has 1 aromatic carbocycles. The van der Waals surface area contributed by atoms with Crippen LogP contribution in [0.3, 0.4) is 0 Å². The molecular formula is C20H26N4O4. The Hall–Kier alpha value is -2.58. The number of carbonyl (C=O) groups excluding carboxylic acids is 1. The zero-order valence-corrected chi connectivity index (χ0v) is 16.2. The molecule has 1 saturated heterocycles. The lowest BCUT2D eigenvalue weighted by Crippen LogP contribution is -2.35. The van der Waals surface area contributed by atoms with E-state index in [4.69, 9.17) is 14.3 Å². The molecule has 2 N–H and O–H groups in total. The van der Waals surface area contributed by atoms with Crippen LogP contribution in [0.4, 0.5) is 0 Å². The van der Waals surface area contributed by atoms with Crippen molar-refractivity contribution in [2.75, 3.05) is 40.5 Å². The van der Waals surface area contributed by atoms with E-state index in [0.717, 1.165) is 37.6 Å². The minimum absolute atomic E-state index is 0.0257. The lowest BCUT2D eigenvalue weighted by Gasteiger charge is -2.21. The van der Waals surface area contributed by atoms with Crippen LogP contribution in [-0.2, 0) is 27.3 Å². The Kier molecular flexibility index (Phi) is 5.50. The van der Waals surface area contributed by atoms with Gasteiger partial charge in [0.25, 0.3) is 0 Å².